The molecule has 3 aliphatic rings. The van der Waals surface area contributed by atoms with Crippen LogP contribution >= 0.6 is 0 Å². The molecule has 8 heteroatoms. The minimum atomic E-state index is -0.520. The SMILES string of the molecule is O=C(C[C@H]1C[C@H]2c3cc(NC(=O)C4CCOCC4)ccc3O[C@H]2[C@@H](CO)O1)NCc1ccccc1. The molecule has 3 aliphatic heterocycles. The molecule has 3 heterocycles. The van der Waals surface area contributed by atoms with Gasteiger partial charge in [0.05, 0.1) is 19.1 Å². The number of carbonyl (C=O) groups is 2. The molecule has 0 aliphatic carbocycles. The average Bonchev–Trinajstić information content (AvgIpc) is 3.26. The zero-order valence-corrected chi connectivity index (χ0v) is 19.7. The van der Waals surface area contributed by atoms with E-state index in [0.29, 0.717) is 26.2 Å². The summed E-state index contributed by atoms with van der Waals surface area (Å²) in [6.07, 6.45) is 1.10. The second-order valence-electron chi connectivity index (χ2n) is 9.50. The molecule has 0 aromatic heterocycles. The number of nitrogens with one attached hydrogen (secondary N) is 2. The van der Waals surface area contributed by atoms with Crippen molar-refractivity contribution in [3.05, 3.63) is 59.7 Å². The maximum absolute atomic E-state index is 12.7. The standard InChI is InChI=1S/C27H32N2O6/c30-16-24-26-22(13-20(34-24)14-25(31)28-15-17-4-2-1-3-5-17)21-12-19(6-7-23(21)35-26)29-27(32)18-8-10-33-11-9-18/h1-7,12,18,20,22,24,26,30H,8-11,13-16H2,(H,28,31)(H,29,32)/t20-,22+,24-,26-/m1/s1. The Balaban J connectivity index is 1.24. The first-order valence-electron chi connectivity index (χ1n) is 12.4. The number of rotatable bonds is 7. The largest absolute Gasteiger partial charge is 0.487 e. The first-order valence-corrected chi connectivity index (χ1v) is 12.4. The third kappa shape index (κ3) is 5.50. The molecule has 3 N–H and O–H groups in total. The molecule has 2 aromatic rings. The fourth-order valence-corrected chi connectivity index (χ4v) is 5.25. The number of ether oxygens (including phenoxy) is 3. The molecule has 0 bridgehead atoms. The van der Waals surface area contributed by atoms with E-state index in [2.05, 4.69) is 10.6 Å². The van der Waals surface area contributed by atoms with Crippen molar-refractivity contribution >= 4 is 17.5 Å². The van der Waals surface area contributed by atoms with E-state index < -0.39 is 6.10 Å². The van der Waals surface area contributed by atoms with Gasteiger partial charge in [-0.3, -0.25) is 9.59 Å². The highest BCUT2D eigenvalue weighted by Crippen LogP contribution is 2.47. The average molecular weight is 481 g/mol. The van der Waals surface area contributed by atoms with Crippen LogP contribution in [0.1, 0.15) is 42.7 Å². The highest BCUT2D eigenvalue weighted by molar-refractivity contribution is 5.92. The smallest absolute Gasteiger partial charge is 0.227 e. The van der Waals surface area contributed by atoms with Crippen molar-refractivity contribution in [2.24, 2.45) is 5.92 Å². The van der Waals surface area contributed by atoms with Crippen LogP contribution in [0.2, 0.25) is 0 Å². The van der Waals surface area contributed by atoms with E-state index in [1.165, 1.54) is 0 Å². The van der Waals surface area contributed by atoms with E-state index in [-0.39, 0.29) is 48.9 Å². The molecule has 2 fully saturated rings. The van der Waals surface area contributed by atoms with Crippen LogP contribution in [0, 0.1) is 5.92 Å². The van der Waals surface area contributed by atoms with Gasteiger partial charge in [0.1, 0.15) is 18.0 Å². The van der Waals surface area contributed by atoms with Crippen LogP contribution in [0.15, 0.2) is 48.5 Å². The summed E-state index contributed by atoms with van der Waals surface area (Å²) < 4.78 is 17.6. The Morgan fingerprint density at radius 3 is 2.63 bits per heavy atom. The van der Waals surface area contributed by atoms with Crippen molar-refractivity contribution in [3.63, 3.8) is 0 Å². The predicted molar refractivity (Wildman–Crippen MR) is 129 cm³/mol. The van der Waals surface area contributed by atoms with E-state index in [1.807, 2.05) is 48.5 Å². The van der Waals surface area contributed by atoms with E-state index in [9.17, 15) is 14.7 Å². The molecule has 0 saturated carbocycles. The maximum atomic E-state index is 12.7. The van der Waals surface area contributed by atoms with Gasteiger partial charge in [-0.25, -0.2) is 0 Å². The molecular formula is C27H32N2O6. The van der Waals surface area contributed by atoms with Gasteiger partial charge in [0.2, 0.25) is 11.8 Å². The van der Waals surface area contributed by atoms with Gasteiger partial charge in [0.25, 0.3) is 0 Å². The minimum absolute atomic E-state index is 0.0110. The molecular weight excluding hydrogens is 448 g/mol. The molecule has 5 rings (SSSR count). The zero-order valence-electron chi connectivity index (χ0n) is 19.7. The lowest BCUT2D eigenvalue weighted by atomic mass is 9.84. The molecule has 35 heavy (non-hydrogen) atoms. The van der Waals surface area contributed by atoms with Crippen LogP contribution < -0.4 is 15.4 Å². The van der Waals surface area contributed by atoms with Gasteiger partial charge in [-0.2, -0.15) is 0 Å². The zero-order chi connectivity index (χ0) is 24.2. The summed E-state index contributed by atoms with van der Waals surface area (Å²) in [5, 5.41) is 16.0. The van der Waals surface area contributed by atoms with Crippen molar-refractivity contribution in [2.45, 2.75) is 56.5 Å². The Morgan fingerprint density at radius 2 is 1.86 bits per heavy atom. The third-order valence-electron chi connectivity index (χ3n) is 7.10. The second-order valence-corrected chi connectivity index (χ2v) is 9.50. The number of aliphatic hydroxyl groups excluding tert-OH is 1. The number of benzene rings is 2. The van der Waals surface area contributed by atoms with Gasteiger partial charge in [-0.1, -0.05) is 30.3 Å². The third-order valence-corrected chi connectivity index (χ3v) is 7.10. The monoisotopic (exact) mass is 480 g/mol. The van der Waals surface area contributed by atoms with Crippen LogP contribution in [-0.2, 0) is 25.6 Å². The van der Waals surface area contributed by atoms with Crippen LogP contribution in [0.25, 0.3) is 0 Å². The van der Waals surface area contributed by atoms with Crippen molar-refractivity contribution in [3.8, 4) is 5.75 Å². The summed E-state index contributed by atoms with van der Waals surface area (Å²) in [6.45, 7) is 1.50. The van der Waals surface area contributed by atoms with Crippen LogP contribution in [0.3, 0.4) is 0 Å². The van der Waals surface area contributed by atoms with Gasteiger partial charge >= 0.3 is 0 Å². The molecule has 2 aromatic carbocycles. The first kappa shape index (κ1) is 23.8. The summed E-state index contributed by atoms with van der Waals surface area (Å²) >= 11 is 0. The Hall–Kier alpha value is -2.94. The molecule has 2 amide bonds. The van der Waals surface area contributed by atoms with Crippen LogP contribution in [0.5, 0.6) is 5.75 Å². The molecule has 0 unspecified atom stereocenters. The van der Waals surface area contributed by atoms with Crippen LogP contribution in [-0.4, -0.2) is 55.1 Å². The fraction of sp³-hybridized carbons (Fsp3) is 0.481. The number of fused-ring (bicyclic) bond motifs is 3. The maximum Gasteiger partial charge on any atom is 0.227 e. The van der Waals surface area contributed by atoms with Gasteiger partial charge < -0.3 is 30.0 Å². The fourth-order valence-electron chi connectivity index (χ4n) is 5.25. The summed E-state index contributed by atoms with van der Waals surface area (Å²) in [5.41, 5.74) is 2.75. The number of hydrogen-bond donors (Lipinski definition) is 3. The number of aliphatic hydroxyl groups is 1. The summed E-state index contributed by atoms with van der Waals surface area (Å²) in [5.74, 6) is 0.590. The van der Waals surface area contributed by atoms with Crippen LogP contribution in [0.4, 0.5) is 5.69 Å². The highest BCUT2D eigenvalue weighted by atomic mass is 16.6. The Labute approximate surface area is 205 Å². The Bertz CT molecular complexity index is 1040. The molecule has 8 nitrogen and oxygen atoms in total. The quantitative estimate of drug-likeness (QED) is 0.563. The van der Waals surface area contributed by atoms with Crippen molar-refractivity contribution in [1.29, 1.82) is 0 Å². The molecule has 2 saturated heterocycles. The van der Waals surface area contributed by atoms with Gasteiger partial charge in [0, 0.05) is 42.8 Å². The molecule has 0 radical (unpaired) electrons. The predicted octanol–water partition coefficient (Wildman–Crippen LogP) is 2.75. The minimum Gasteiger partial charge on any atom is -0.487 e. The van der Waals surface area contributed by atoms with E-state index >= 15 is 0 Å². The van der Waals surface area contributed by atoms with Crippen molar-refractivity contribution in [1.82, 2.24) is 5.32 Å². The Kier molecular flexibility index (Phi) is 7.32. The van der Waals surface area contributed by atoms with Crippen molar-refractivity contribution < 1.29 is 28.9 Å². The van der Waals surface area contributed by atoms with E-state index in [0.717, 1.165) is 35.4 Å². The molecule has 0 spiro atoms. The number of anilines is 1. The van der Waals surface area contributed by atoms with Gasteiger partial charge in [-0.15, -0.1) is 0 Å². The normalized spacial score (nSPS) is 25.7. The van der Waals surface area contributed by atoms with E-state index in [4.69, 9.17) is 14.2 Å². The number of carbonyl (C=O) groups excluding carboxylic acids is 2. The lowest BCUT2D eigenvalue weighted by Crippen LogP contribution is -2.47. The highest BCUT2D eigenvalue weighted by Gasteiger charge is 2.46. The first-order chi connectivity index (χ1) is 17.1. The lowest BCUT2D eigenvalue weighted by Gasteiger charge is -2.37. The van der Waals surface area contributed by atoms with Crippen molar-refractivity contribution in [2.75, 3.05) is 25.1 Å². The molecule has 186 valence electrons. The van der Waals surface area contributed by atoms with Gasteiger partial charge in [0.15, 0.2) is 0 Å². The summed E-state index contributed by atoms with van der Waals surface area (Å²) in [4.78, 5) is 25.3. The Morgan fingerprint density at radius 1 is 1.06 bits per heavy atom. The number of amides is 2. The lowest BCUT2D eigenvalue weighted by molar-refractivity contribution is -0.142. The summed E-state index contributed by atoms with van der Waals surface area (Å²) in [7, 11) is 0. The topological polar surface area (TPSA) is 106 Å². The summed E-state index contributed by atoms with van der Waals surface area (Å²) in [6, 6.07) is 15.4. The second kappa shape index (κ2) is 10.8. The molecule has 4 atom stereocenters. The van der Waals surface area contributed by atoms with Gasteiger partial charge in [-0.05, 0) is 43.0 Å². The number of hydrogen-bond acceptors (Lipinski definition) is 6. The van der Waals surface area contributed by atoms with E-state index in [1.54, 1.807) is 0 Å².